The predicted molar refractivity (Wildman–Crippen MR) is 98.3 cm³/mol. The van der Waals surface area contributed by atoms with Crippen LogP contribution in [0.2, 0.25) is 0 Å². The zero-order valence-corrected chi connectivity index (χ0v) is 14.4. The molecule has 1 saturated heterocycles. The topological polar surface area (TPSA) is 76.7 Å². The highest BCUT2D eigenvalue weighted by molar-refractivity contribution is 5.96. The lowest BCUT2D eigenvalue weighted by Crippen LogP contribution is -2.31. The van der Waals surface area contributed by atoms with Crippen LogP contribution in [0.4, 0.5) is 5.69 Å². The lowest BCUT2D eigenvalue weighted by Gasteiger charge is -2.11. The summed E-state index contributed by atoms with van der Waals surface area (Å²) in [6.07, 6.45) is 2.14. The monoisotopic (exact) mass is 354 g/mol. The maximum Gasteiger partial charge on any atom is 0.262 e. The zero-order valence-electron chi connectivity index (χ0n) is 14.4. The van der Waals surface area contributed by atoms with Crippen molar-refractivity contribution in [3.05, 3.63) is 60.2 Å². The Hall–Kier alpha value is -2.86. The number of benzene rings is 2. The van der Waals surface area contributed by atoms with Gasteiger partial charge in [-0.2, -0.15) is 0 Å². The van der Waals surface area contributed by atoms with E-state index in [2.05, 4.69) is 10.6 Å². The van der Waals surface area contributed by atoms with Gasteiger partial charge in [-0.25, -0.2) is 0 Å². The zero-order chi connectivity index (χ0) is 18.2. The van der Waals surface area contributed by atoms with Gasteiger partial charge in [0.15, 0.2) is 6.61 Å². The number of anilines is 1. The highest BCUT2D eigenvalue weighted by Crippen LogP contribution is 2.13. The van der Waals surface area contributed by atoms with Crippen LogP contribution < -0.4 is 15.4 Å². The van der Waals surface area contributed by atoms with Gasteiger partial charge in [0.05, 0.1) is 6.10 Å². The Morgan fingerprint density at radius 2 is 1.85 bits per heavy atom. The molecule has 3 rings (SSSR count). The number of para-hydroxylation sites is 1. The van der Waals surface area contributed by atoms with E-state index in [-0.39, 0.29) is 24.5 Å². The summed E-state index contributed by atoms with van der Waals surface area (Å²) in [6, 6.07) is 15.9. The lowest BCUT2D eigenvalue weighted by molar-refractivity contribution is -0.118. The van der Waals surface area contributed by atoms with Gasteiger partial charge < -0.3 is 20.1 Å². The molecular formula is C20H22N2O4. The molecule has 1 aliphatic rings. The minimum absolute atomic E-state index is 0.0758. The summed E-state index contributed by atoms with van der Waals surface area (Å²) in [5.74, 6) is 0.233. The van der Waals surface area contributed by atoms with E-state index in [9.17, 15) is 9.59 Å². The summed E-state index contributed by atoms with van der Waals surface area (Å²) in [6.45, 7) is 1.21. The number of hydrogen-bond acceptors (Lipinski definition) is 4. The maximum absolute atomic E-state index is 12.1. The van der Waals surface area contributed by atoms with Crippen LogP contribution >= 0.6 is 0 Å². The molecule has 0 saturated carbocycles. The third-order valence-electron chi connectivity index (χ3n) is 4.06. The third-order valence-corrected chi connectivity index (χ3v) is 4.06. The van der Waals surface area contributed by atoms with Crippen LogP contribution in [-0.2, 0) is 9.53 Å². The predicted octanol–water partition coefficient (Wildman–Crippen LogP) is 2.61. The highest BCUT2D eigenvalue weighted by Gasteiger charge is 2.16. The molecule has 136 valence electrons. The second-order valence-electron chi connectivity index (χ2n) is 6.07. The fourth-order valence-electron chi connectivity index (χ4n) is 2.68. The quantitative estimate of drug-likeness (QED) is 0.801. The number of amides is 2. The van der Waals surface area contributed by atoms with Crippen LogP contribution in [0.5, 0.6) is 5.75 Å². The Bertz CT molecular complexity index is 725. The van der Waals surface area contributed by atoms with Crippen molar-refractivity contribution in [3.8, 4) is 5.75 Å². The highest BCUT2D eigenvalue weighted by atomic mass is 16.5. The number of rotatable bonds is 7. The summed E-state index contributed by atoms with van der Waals surface area (Å²) < 4.78 is 10.9. The normalized spacial score (nSPS) is 16.1. The van der Waals surface area contributed by atoms with E-state index < -0.39 is 0 Å². The summed E-state index contributed by atoms with van der Waals surface area (Å²) >= 11 is 0. The van der Waals surface area contributed by atoms with E-state index in [1.54, 1.807) is 36.4 Å². The third kappa shape index (κ3) is 5.32. The van der Waals surface area contributed by atoms with Crippen LogP contribution in [0.25, 0.3) is 0 Å². The Labute approximate surface area is 152 Å². The molecule has 2 amide bonds. The van der Waals surface area contributed by atoms with Gasteiger partial charge in [-0.3, -0.25) is 9.59 Å². The van der Waals surface area contributed by atoms with Gasteiger partial charge in [0.25, 0.3) is 11.8 Å². The standard InChI is InChI=1S/C20H22N2O4/c23-19(14-26-17-5-2-1-3-6-17)22-16-10-8-15(9-11-16)20(24)21-13-18-7-4-12-25-18/h1-3,5-6,8-11,18H,4,7,12-14H2,(H,21,24)(H,22,23). The van der Waals surface area contributed by atoms with Crippen LogP contribution in [0.1, 0.15) is 23.2 Å². The second-order valence-corrected chi connectivity index (χ2v) is 6.07. The van der Waals surface area contributed by atoms with E-state index in [1.165, 1.54) is 0 Å². The number of hydrogen-bond donors (Lipinski definition) is 2. The minimum atomic E-state index is -0.260. The van der Waals surface area contributed by atoms with E-state index >= 15 is 0 Å². The van der Waals surface area contributed by atoms with Crippen LogP contribution in [0, 0.1) is 0 Å². The average molecular weight is 354 g/mol. The van der Waals surface area contributed by atoms with Crippen molar-refractivity contribution in [1.29, 1.82) is 0 Å². The van der Waals surface area contributed by atoms with Gasteiger partial charge in [-0.1, -0.05) is 18.2 Å². The summed E-state index contributed by atoms with van der Waals surface area (Å²) in [5, 5.41) is 5.61. The van der Waals surface area contributed by atoms with Crippen LogP contribution in [-0.4, -0.2) is 37.7 Å². The molecule has 2 N–H and O–H groups in total. The molecule has 1 fully saturated rings. The SMILES string of the molecule is O=C(COc1ccccc1)Nc1ccc(C(=O)NCC2CCCO2)cc1. The Morgan fingerprint density at radius 3 is 2.54 bits per heavy atom. The van der Waals surface area contributed by atoms with E-state index in [0.717, 1.165) is 19.4 Å². The molecule has 0 bridgehead atoms. The number of carbonyl (C=O) groups is 2. The molecule has 1 aliphatic heterocycles. The molecule has 2 aromatic carbocycles. The molecule has 1 heterocycles. The van der Waals surface area contributed by atoms with Gasteiger partial charge in [0.2, 0.25) is 0 Å². The van der Waals surface area contributed by atoms with E-state index in [1.807, 2.05) is 18.2 Å². The molecule has 6 nitrogen and oxygen atoms in total. The molecule has 26 heavy (non-hydrogen) atoms. The van der Waals surface area contributed by atoms with Gasteiger partial charge in [0.1, 0.15) is 5.75 Å². The van der Waals surface area contributed by atoms with Gasteiger partial charge >= 0.3 is 0 Å². The van der Waals surface area contributed by atoms with Gasteiger partial charge in [-0.15, -0.1) is 0 Å². The van der Waals surface area contributed by atoms with Crippen molar-refractivity contribution >= 4 is 17.5 Å². The fraction of sp³-hybridized carbons (Fsp3) is 0.300. The first-order valence-corrected chi connectivity index (χ1v) is 8.68. The lowest BCUT2D eigenvalue weighted by atomic mass is 10.2. The van der Waals surface area contributed by atoms with Crippen molar-refractivity contribution < 1.29 is 19.1 Å². The van der Waals surface area contributed by atoms with Gasteiger partial charge in [0, 0.05) is 24.4 Å². The molecular weight excluding hydrogens is 332 g/mol. The Kier molecular flexibility index (Phi) is 6.22. The first-order chi connectivity index (χ1) is 12.7. The number of ether oxygens (including phenoxy) is 2. The first kappa shape index (κ1) is 17.9. The van der Waals surface area contributed by atoms with Crippen molar-refractivity contribution in [2.24, 2.45) is 0 Å². The Morgan fingerprint density at radius 1 is 1.08 bits per heavy atom. The first-order valence-electron chi connectivity index (χ1n) is 8.68. The molecule has 0 aromatic heterocycles. The Balaban J connectivity index is 1.44. The minimum Gasteiger partial charge on any atom is -0.484 e. The van der Waals surface area contributed by atoms with Crippen LogP contribution in [0.3, 0.4) is 0 Å². The van der Waals surface area contributed by atoms with Crippen LogP contribution in [0.15, 0.2) is 54.6 Å². The number of carbonyl (C=O) groups excluding carboxylic acids is 2. The largest absolute Gasteiger partial charge is 0.484 e. The van der Waals surface area contributed by atoms with Crippen molar-refractivity contribution in [2.45, 2.75) is 18.9 Å². The summed E-state index contributed by atoms with van der Waals surface area (Å²) in [5.41, 5.74) is 1.16. The molecule has 2 aromatic rings. The fourth-order valence-corrected chi connectivity index (χ4v) is 2.68. The van der Waals surface area contributed by atoms with E-state index in [0.29, 0.717) is 23.5 Å². The molecule has 6 heteroatoms. The van der Waals surface area contributed by atoms with E-state index in [4.69, 9.17) is 9.47 Å². The van der Waals surface area contributed by atoms with Crippen molar-refractivity contribution in [2.75, 3.05) is 25.1 Å². The molecule has 1 atom stereocenters. The van der Waals surface area contributed by atoms with Gasteiger partial charge in [-0.05, 0) is 49.2 Å². The number of nitrogens with one attached hydrogen (secondary N) is 2. The average Bonchev–Trinajstić information content (AvgIpc) is 3.19. The molecule has 0 spiro atoms. The molecule has 0 radical (unpaired) electrons. The smallest absolute Gasteiger partial charge is 0.262 e. The molecule has 0 aliphatic carbocycles. The molecule has 1 unspecified atom stereocenters. The summed E-state index contributed by atoms with van der Waals surface area (Å²) in [7, 11) is 0. The van der Waals surface area contributed by atoms with Crippen molar-refractivity contribution in [1.82, 2.24) is 5.32 Å². The second kappa shape index (κ2) is 9.01. The summed E-state index contributed by atoms with van der Waals surface area (Å²) in [4.78, 5) is 24.0. The van der Waals surface area contributed by atoms with Crippen molar-refractivity contribution in [3.63, 3.8) is 0 Å². The maximum atomic E-state index is 12.1.